The van der Waals surface area contributed by atoms with Gasteiger partial charge in [-0.05, 0) is 81.4 Å². The van der Waals surface area contributed by atoms with Gasteiger partial charge >= 0.3 is 6.09 Å². The Labute approximate surface area is 223 Å². The molecule has 1 aliphatic heterocycles. The highest BCUT2D eigenvalue weighted by Crippen LogP contribution is 2.41. The number of ether oxygens (including phenoxy) is 2. The van der Waals surface area contributed by atoms with Crippen molar-refractivity contribution in [2.45, 2.75) is 57.6 Å². The highest BCUT2D eigenvalue weighted by atomic mass is 35.5. The average Bonchev–Trinajstić information content (AvgIpc) is 3.62. The first-order valence-corrected chi connectivity index (χ1v) is 13.1. The van der Waals surface area contributed by atoms with Crippen LogP contribution in [0.25, 0.3) is 5.57 Å². The Kier molecular flexibility index (Phi) is 8.14. The van der Waals surface area contributed by atoms with Gasteiger partial charge in [0, 0.05) is 22.7 Å². The number of hydrogen-bond donors (Lipinski definition) is 2. The Bertz CT molecular complexity index is 1170. The molecule has 198 valence electrons. The van der Waals surface area contributed by atoms with E-state index in [2.05, 4.69) is 5.32 Å². The van der Waals surface area contributed by atoms with E-state index in [9.17, 15) is 9.59 Å². The zero-order valence-electron chi connectivity index (χ0n) is 21.7. The van der Waals surface area contributed by atoms with E-state index < -0.39 is 11.7 Å². The van der Waals surface area contributed by atoms with Crippen molar-refractivity contribution in [2.75, 3.05) is 26.3 Å². The van der Waals surface area contributed by atoms with Crippen molar-refractivity contribution in [1.82, 2.24) is 10.2 Å². The van der Waals surface area contributed by atoms with Crippen molar-refractivity contribution in [3.63, 3.8) is 0 Å². The lowest BCUT2D eigenvalue weighted by atomic mass is 9.92. The Balaban J connectivity index is 1.59. The molecular weight excluding hydrogens is 492 g/mol. The summed E-state index contributed by atoms with van der Waals surface area (Å²) in [7, 11) is 0. The van der Waals surface area contributed by atoms with Gasteiger partial charge in [0.25, 0.3) is 0 Å². The number of carbonyl (C=O) groups excluding carboxylic acids is 2. The standard InChI is InChI=1S/C29H35ClN2O5/c1-28(2,3)37-27(35)32-15-12-23(20-8-10-22(11-9-20)36-17-16-33)24(19-32)26(34)31-29(13-14-29)18-21-6-4-5-7-25(21)30/h4-11,33H,12-19H2,1-3H3,(H,31,34). The molecule has 2 amide bonds. The predicted octanol–water partition coefficient (Wildman–Crippen LogP) is 5.00. The van der Waals surface area contributed by atoms with Crippen molar-refractivity contribution in [3.8, 4) is 5.75 Å². The van der Waals surface area contributed by atoms with Gasteiger partial charge in [-0.2, -0.15) is 0 Å². The first-order valence-electron chi connectivity index (χ1n) is 12.7. The minimum Gasteiger partial charge on any atom is -0.491 e. The molecule has 1 aliphatic carbocycles. The number of benzene rings is 2. The summed E-state index contributed by atoms with van der Waals surface area (Å²) in [5, 5.41) is 13.0. The third-order valence-corrected chi connectivity index (χ3v) is 6.92. The predicted molar refractivity (Wildman–Crippen MR) is 144 cm³/mol. The molecule has 2 N–H and O–H groups in total. The molecule has 2 aliphatic rings. The molecule has 2 aromatic rings. The summed E-state index contributed by atoms with van der Waals surface area (Å²) in [6, 6.07) is 15.2. The summed E-state index contributed by atoms with van der Waals surface area (Å²) in [5.41, 5.74) is 2.41. The van der Waals surface area contributed by atoms with Crippen molar-refractivity contribution in [3.05, 3.63) is 70.3 Å². The van der Waals surface area contributed by atoms with Crippen LogP contribution in [0, 0.1) is 0 Å². The van der Waals surface area contributed by atoms with Gasteiger partial charge in [0.05, 0.1) is 13.2 Å². The van der Waals surface area contributed by atoms with Gasteiger partial charge in [-0.15, -0.1) is 0 Å². The molecule has 7 nitrogen and oxygen atoms in total. The maximum Gasteiger partial charge on any atom is 0.410 e. The van der Waals surface area contributed by atoms with Crippen LogP contribution in [0.5, 0.6) is 5.75 Å². The Hall–Kier alpha value is -3.03. The van der Waals surface area contributed by atoms with E-state index in [-0.39, 0.29) is 31.2 Å². The van der Waals surface area contributed by atoms with E-state index in [1.54, 1.807) is 4.90 Å². The minimum absolute atomic E-state index is 0.0618. The van der Waals surface area contributed by atoms with Crippen molar-refractivity contribution in [2.24, 2.45) is 0 Å². The molecule has 0 bridgehead atoms. The normalized spacial score (nSPS) is 16.8. The summed E-state index contributed by atoms with van der Waals surface area (Å²) >= 11 is 6.39. The van der Waals surface area contributed by atoms with Gasteiger partial charge in [0.15, 0.2) is 0 Å². The molecule has 2 aromatic carbocycles. The molecule has 0 aromatic heterocycles. The lowest BCUT2D eigenvalue weighted by Gasteiger charge is -2.33. The third kappa shape index (κ3) is 7.05. The molecule has 1 saturated carbocycles. The number of carbonyl (C=O) groups is 2. The number of hydrogen-bond acceptors (Lipinski definition) is 5. The zero-order chi connectivity index (χ0) is 26.6. The number of halogens is 1. The Morgan fingerprint density at radius 1 is 1.11 bits per heavy atom. The van der Waals surface area contributed by atoms with Crippen LogP contribution in [0.4, 0.5) is 4.79 Å². The maximum absolute atomic E-state index is 13.7. The van der Waals surface area contributed by atoms with Gasteiger partial charge in [-0.3, -0.25) is 4.79 Å². The molecule has 4 rings (SSSR count). The number of nitrogens with zero attached hydrogens (tertiary/aromatic N) is 1. The summed E-state index contributed by atoms with van der Waals surface area (Å²) in [6.45, 7) is 6.26. The molecule has 0 radical (unpaired) electrons. The van der Waals surface area contributed by atoms with E-state index in [4.69, 9.17) is 26.2 Å². The highest BCUT2D eigenvalue weighted by molar-refractivity contribution is 6.31. The molecule has 1 heterocycles. The Morgan fingerprint density at radius 3 is 2.43 bits per heavy atom. The number of rotatable bonds is 8. The number of nitrogens with one attached hydrogen (secondary N) is 1. The van der Waals surface area contributed by atoms with Crippen molar-refractivity contribution < 1.29 is 24.2 Å². The smallest absolute Gasteiger partial charge is 0.410 e. The van der Waals surface area contributed by atoms with Gasteiger partial charge < -0.3 is 24.8 Å². The molecular formula is C29H35ClN2O5. The fraction of sp³-hybridized carbons (Fsp3) is 0.448. The van der Waals surface area contributed by atoms with E-state index >= 15 is 0 Å². The first-order chi connectivity index (χ1) is 17.6. The van der Waals surface area contributed by atoms with Crippen LogP contribution in [-0.2, 0) is 16.0 Å². The second kappa shape index (κ2) is 11.2. The van der Waals surface area contributed by atoms with E-state index in [1.165, 1.54) is 0 Å². The van der Waals surface area contributed by atoms with E-state index in [1.807, 2.05) is 69.3 Å². The van der Waals surface area contributed by atoms with Crippen LogP contribution < -0.4 is 10.1 Å². The fourth-order valence-corrected chi connectivity index (χ4v) is 4.71. The van der Waals surface area contributed by atoms with Gasteiger partial charge in [0.2, 0.25) is 5.91 Å². The highest BCUT2D eigenvalue weighted by Gasteiger charge is 2.45. The van der Waals surface area contributed by atoms with Crippen LogP contribution in [0.1, 0.15) is 51.2 Å². The van der Waals surface area contributed by atoms with E-state index in [0.29, 0.717) is 35.7 Å². The first kappa shape index (κ1) is 27.0. The third-order valence-electron chi connectivity index (χ3n) is 6.55. The van der Waals surface area contributed by atoms with Gasteiger partial charge in [0.1, 0.15) is 18.0 Å². The molecule has 0 saturated heterocycles. The van der Waals surface area contributed by atoms with Crippen molar-refractivity contribution >= 4 is 29.2 Å². The second-order valence-corrected chi connectivity index (χ2v) is 11.1. The molecule has 0 spiro atoms. The summed E-state index contributed by atoms with van der Waals surface area (Å²) in [6.07, 6.45) is 2.50. The summed E-state index contributed by atoms with van der Waals surface area (Å²) in [4.78, 5) is 28.2. The lowest BCUT2D eigenvalue weighted by Crippen LogP contribution is -2.46. The van der Waals surface area contributed by atoms with Crippen LogP contribution in [0.2, 0.25) is 5.02 Å². The lowest BCUT2D eigenvalue weighted by molar-refractivity contribution is -0.118. The molecule has 0 atom stereocenters. The van der Waals surface area contributed by atoms with Crippen LogP contribution in [-0.4, -0.2) is 59.5 Å². The van der Waals surface area contributed by atoms with Crippen LogP contribution in [0.3, 0.4) is 0 Å². The largest absolute Gasteiger partial charge is 0.491 e. The van der Waals surface area contributed by atoms with Gasteiger partial charge in [-0.1, -0.05) is 41.9 Å². The summed E-state index contributed by atoms with van der Waals surface area (Å²) < 4.78 is 11.1. The quantitative estimate of drug-likeness (QED) is 0.505. The Morgan fingerprint density at radius 2 is 1.81 bits per heavy atom. The molecule has 1 fully saturated rings. The van der Waals surface area contributed by atoms with Crippen LogP contribution >= 0.6 is 11.6 Å². The SMILES string of the molecule is CC(C)(C)OC(=O)N1CCC(c2ccc(OCCO)cc2)=C(C(=O)NC2(Cc3ccccc3Cl)CC2)C1. The fourth-order valence-electron chi connectivity index (χ4n) is 4.51. The number of aliphatic hydroxyl groups is 1. The number of amides is 2. The van der Waals surface area contributed by atoms with Crippen LogP contribution in [0.15, 0.2) is 54.1 Å². The summed E-state index contributed by atoms with van der Waals surface area (Å²) in [5.74, 6) is 0.473. The maximum atomic E-state index is 13.7. The molecule has 37 heavy (non-hydrogen) atoms. The topological polar surface area (TPSA) is 88.1 Å². The van der Waals surface area contributed by atoms with E-state index in [0.717, 1.165) is 29.5 Å². The monoisotopic (exact) mass is 526 g/mol. The minimum atomic E-state index is -0.624. The molecule has 0 unspecified atom stereocenters. The van der Waals surface area contributed by atoms with Crippen molar-refractivity contribution in [1.29, 1.82) is 0 Å². The average molecular weight is 527 g/mol. The van der Waals surface area contributed by atoms with Gasteiger partial charge in [-0.25, -0.2) is 4.79 Å². The number of aliphatic hydroxyl groups excluding tert-OH is 1. The zero-order valence-corrected chi connectivity index (χ0v) is 22.4. The molecule has 8 heteroatoms. The second-order valence-electron chi connectivity index (χ2n) is 10.7.